The van der Waals surface area contributed by atoms with Crippen LogP contribution in [0.3, 0.4) is 0 Å². The molecule has 112 valence electrons. The third-order valence-corrected chi connectivity index (χ3v) is 3.26. The lowest BCUT2D eigenvalue weighted by molar-refractivity contribution is -0.137. The lowest BCUT2D eigenvalue weighted by Gasteiger charge is -2.12. The predicted molar refractivity (Wildman–Crippen MR) is 74.6 cm³/mol. The quantitative estimate of drug-likeness (QED) is 0.795. The smallest absolute Gasteiger partial charge is 0.316 e. The number of alkyl halides is 3. The van der Waals surface area contributed by atoms with Gasteiger partial charge >= 0.3 is 6.18 Å². The number of hydrogen-bond donors (Lipinski definition) is 1. The van der Waals surface area contributed by atoms with Gasteiger partial charge in [-0.05, 0) is 54.1 Å². The van der Waals surface area contributed by atoms with Gasteiger partial charge in [0.25, 0.3) is 0 Å². The summed E-state index contributed by atoms with van der Waals surface area (Å²) in [6.45, 7) is 0.285. The van der Waals surface area contributed by atoms with E-state index >= 15 is 0 Å². The Labute approximate surface area is 124 Å². The lowest BCUT2D eigenvalue weighted by atomic mass is 9.99. The molecule has 2 aromatic carbocycles. The van der Waals surface area contributed by atoms with Crippen molar-refractivity contribution in [3.63, 3.8) is 0 Å². The molecule has 0 bridgehead atoms. The molecule has 0 aliphatic carbocycles. The summed E-state index contributed by atoms with van der Waals surface area (Å²) >= 11 is 5.59. The van der Waals surface area contributed by atoms with Crippen LogP contribution in [-0.4, -0.2) is 7.05 Å². The van der Waals surface area contributed by atoms with E-state index in [1.54, 1.807) is 13.1 Å². The van der Waals surface area contributed by atoms with Gasteiger partial charge in [0.1, 0.15) is 5.82 Å². The summed E-state index contributed by atoms with van der Waals surface area (Å²) in [5.74, 6) is -0.665. The first-order valence-electron chi connectivity index (χ1n) is 6.12. The van der Waals surface area contributed by atoms with Crippen molar-refractivity contribution in [2.24, 2.45) is 0 Å². The highest BCUT2D eigenvalue weighted by Crippen LogP contribution is 2.34. The zero-order valence-electron chi connectivity index (χ0n) is 11.1. The molecule has 2 aromatic rings. The van der Waals surface area contributed by atoms with Crippen molar-refractivity contribution in [2.75, 3.05) is 7.05 Å². The van der Waals surface area contributed by atoms with E-state index in [2.05, 4.69) is 5.32 Å². The highest BCUT2D eigenvalue weighted by atomic mass is 35.5. The number of halogens is 5. The highest BCUT2D eigenvalue weighted by molar-refractivity contribution is 6.30. The Balaban J connectivity index is 2.56. The average Bonchev–Trinajstić information content (AvgIpc) is 2.41. The van der Waals surface area contributed by atoms with E-state index < -0.39 is 17.6 Å². The van der Waals surface area contributed by atoms with Crippen LogP contribution in [0.4, 0.5) is 17.6 Å². The lowest BCUT2D eigenvalue weighted by Crippen LogP contribution is -2.09. The van der Waals surface area contributed by atoms with Crippen LogP contribution in [0, 0.1) is 5.82 Å². The van der Waals surface area contributed by atoms with E-state index in [0.717, 1.165) is 18.2 Å². The largest absolute Gasteiger partial charge is 0.416 e. The minimum Gasteiger partial charge on any atom is -0.316 e. The monoisotopic (exact) mass is 317 g/mol. The summed E-state index contributed by atoms with van der Waals surface area (Å²) in [4.78, 5) is 0. The van der Waals surface area contributed by atoms with Crippen LogP contribution < -0.4 is 5.32 Å². The fourth-order valence-electron chi connectivity index (χ4n) is 2.00. The van der Waals surface area contributed by atoms with Gasteiger partial charge in [0.2, 0.25) is 0 Å². The van der Waals surface area contributed by atoms with Crippen LogP contribution in [-0.2, 0) is 12.7 Å². The first-order chi connectivity index (χ1) is 9.81. The Morgan fingerprint density at radius 3 is 2.33 bits per heavy atom. The number of hydrogen-bond acceptors (Lipinski definition) is 1. The van der Waals surface area contributed by atoms with E-state index in [1.165, 1.54) is 12.1 Å². The van der Waals surface area contributed by atoms with Crippen LogP contribution in [0.5, 0.6) is 0 Å². The van der Waals surface area contributed by atoms with Gasteiger partial charge in [-0.2, -0.15) is 13.2 Å². The summed E-state index contributed by atoms with van der Waals surface area (Å²) in [7, 11) is 1.64. The minimum absolute atomic E-state index is 0.0684. The zero-order valence-corrected chi connectivity index (χ0v) is 11.8. The second-order valence-electron chi connectivity index (χ2n) is 4.58. The molecule has 1 N–H and O–H groups in total. The molecule has 0 radical (unpaired) electrons. The SMILES string of the molecule is CNCc1cc(-c2ccc(Cl)c(F)c2)cc(C(F)(F)F)c1. The molecule has 0 aliphatic heterocycles. The molecule has 0 spiro atoms. The third kappa shape index (κ3) is 3.74. The van der Waals surface area contributed by atoms with Gasteiger partial charge in [0.15, 0.2) is 0 Å². The first kappa shape index (κ1) is 15.8. The second kappa shape index (κ2) is 6.03. The summed E-state index contributed by atoms with van der Waals surface area (Å²) in [6, 6.07) is 7.61. The Morgan fingerprint density at radius 2 is 1.76 bits per heavy atom. The molecule has 0 saturated carbocycles. The van der Waals surface area contributed by atoms with Gasteiger partial charge < -0.3 is 5.32 Å². The molecule has 0 amide bonds. The van der Waals surface area contributed by atoms with E-state index in [1.807, 2.05) is 0 Å². The Morgan fingerprint density at radius 1 is 1.05 bits per heavy atom. The van der Waals surface area contributed by atoms with Crippen molar-refractivity contribution in [1.29, 1.82) is 0 Å². The van der Waals surface area contributed by atoms with Crippen molar-refractivity contribution in [1.82, 2.24) is 5.32 Å². The van der Waals surface area contributed by atoms with Crippen LogP contribution in [0.25, 0.3) is 11.1 Å². The zero-order chi connectivity index (χ0) is 15.6. The first-order valence-corrected chi connectivity index (χ1v) is 6.50. The second-order valence-corrected chi connectivity index (χ2v) is 4.98. The molecule has 0 fully saturated rings. The number of nitrogens with one attached hydrogen (secondary N) is 1. The van der Waals surface area contributed by atoms with Gasteiger partial charge in [-0.25, -0.2) is 4.39 Å². The maximum Gasteiger partial charge on any atom is 0.416 e. The highest BCUT2D eigenvalue weighted by Gasteiger charge is 2.31. The van der Waals surface area contributed by atoms with Crippen LogP contribution in [0.2, 0.25) is 5.02 Å². The summed E-state index contributed by atoms with van der Waals surface area (Å²) in [5.41, 5.74) is 0.351. The predicted octanol–water partition coefficient (Wildman–Crippen LogP) is 4.88. The molecular formula is C15H12ClF4N. The molecule has 1 nitrogen and oxygen atoms in total. The number of benzene rings is 2. The standard InChI is InChI=1S/C15H12ClF4N/c1-21-8-9-4-11(6-12(5-9)15(18,19)20)10-2-3-13(16)14(17)7-10/h2-7,21H,8H2,1H3. The fourth-order valence-corrected chi connectivity index (χ4v) is 2.12. The topological polar surface area (TPSA) is 12.0 Å². The van der Waals surface area contributed by atoms with E-state index in [0.29, 0.717) is 16.7 Å². The van der Waals surface area contributed by atoms with Gasteiger partial charge in [-0.15, -0.1) is 0 Å². The van der Waals surface area contributed by atoms with Crippen molar-refractivity contribution >= 4 is 11.6 Å². The average molecular weight is 318 g/mol. The molecule has 0 aliphatic rings. The third-order valence-electron chi connectivity index (χ3n) is 2.95. The normalized spacial score (nSPS) is 11.7. The number of rotatable bonds is 3. The molecule has 0 saturated heterocycles. The van der Waals surface area contributed by atoms with Gasteiger partial charge in [-0.3, -0.25) is 0 Å². The van der Waals surface area contributed by atoms with Crippen molar-refractivity contribution < 1.29 is 17.6 Å². The van der Waals surface area contributed by atoms with Crippen molar-refractivity contribution in [3.05, 3.63) is 58.4 Å². The molecule has 21 heavy (non-hydrogen) atoms. The summed E-state index contributed by atoms with van der Waals surface area (Å²) in [5, 5.41) is 2.73. The van der Waals surface area contributed by atoms with E-state index in [4.69, 9.17) is 11.6 Å². The van der Waals surface area contributed by atoms with Crippen molar-refractivity contribution in [3.8, 4) is 11.1 Å². The molecule has 6 heteroatoms. The molecule has 0 unspecified atom stereocenters. The molecule has 2 rings (SSSR count). The molecule has 0 aromatic heterocycles. The van der Waals surface area contributed by atoms with E-state index in [-0.39, 0.29) is 11.6 Å². The van der Waals surface area contributed by atoms with Gasteiger partial charge in [-0.1, -0.05) is 17.7 Å². The van der Waals surface area contributed by atoms with Gasteiger partial charge in [0, 0.05) is 6.54 Å². The molecular weight excluding hydrogens is 306 g/mol. The summed E-state index contributed by atoms with van der Waals surface area (Å²) in [6.07, 6.45) is -4.45. The van der Waals surface area contributed by atoms with E-state index in [9.17, 15) is 17.6 Å². The van der Waals surface area contributed by atoms with Crippen LogP contribution in [0.15, 0.2) is 36.4 Å². The van der Waals surface area contributed by atoms with Crippen LogP contribution in [0.1, 0.15) is 11.1 Å². The molecule has 0 atom stereocenters. The maximum absolute atomic E-state index is 13.5. The Kier molecular flexibility index (Phi) is 4.54. The Bertz CT molecular complexity index is 653. The van der Waals surface area contributed by atoms with Crippen LogP contribution >= 0.6 is 11.6 Å². The van der Waals surface area contributed by atoms with Gasteiger partial charge in [0.05, 0.1) is 10.6 Å². The fraction of sp³-hybridized carbons (Fsp3) is 0.200. The minimum atomic E-state index is -4.45. The van der Waals surface area contributed by atoms with Crippen molar-refractivity contribution in [2.45, 2.75) is 12.7 Å². The Hall–Kier alpha value is -1.59. The maximum atomic E-state index is 13.5. The molecule has 0 heterocycles. The summed E-state index contributed by atoms with van der Waals surface area (Å²) < 4.78 is 52.3.